The molecule has 1 aromatic rings. The van der Waals surface area contributed by atoms with Crippen molar-refractivity contribution < 1.29 is 19.1 Å². The fraction of sp³-hybridized carbons (Fsp3) is 0.727. The molecule has 0 aliphatic carbocycles. The molecule has 0 bridgehead atoms. The van der Waals surface area contributed by atoms with Crippen LogP contribution in [0.3, 0.4) is 0 Å². The van der Waals surface area contributed by atoms with Crippen LogP contribution in [0.2, 0.25) is 18.1 Å². The highest BCUT2D eigenvalue weighted by molar-refractivity contribution is 6.74. The Hall–Kier alpha value is -1.28. The van der Waals surface area contributed by atoms with E-state index in [1.807, 2.05) is 0 Å². The van der Waals surface area contributed by atoms with Crippen molar-refractivity contribution in [1.29, 1.82) is 0 Å². The smallest absolute Gasteiger partial charge is 0.354 e. The molecule has 0 amide bonds. The Balaban J connectivity index is 1.68. The molecule has 1 fully saturated rings. The monoisotopic (exact) mass is 422 g/mol. The number of nitrogens with zero attached hydrogens (tertiary/aromatic N) is 1. The number of carboxylic acid groups (broad SMARTS) is 1. The van der Waals surface area contributed by atoms with Gasteiger partial charge in [0, 0.05) is 31.5 Å². The first kappa shape index (κ1) is 24.0. The summed E-state index contributed by atoms with van der Waals surface area (Å²) in [5.41, 5.74) is 0.841. The molecular formula is C22H38N2O4Si. The van der Waals surface area contributed by atoms with Gasteiger partial charge >= 0.3 is 5.97 Å². The van der Waals surface area contributed by atoms with Crippen LogP contribution in [0.1, 0.15) is 62.5 Å². The number of rotatable bonds is 10. The third-order valence-corrected chi connectivity index (χ3v) is 10.7. The van der Waals surface area contributed by atoms with Crippen molar-refractivity contribution in [1.82, 2.24) is 10.3 Å². The maximum absolute atomic E-state index is 11.2. The largest absolute Gasteiger partial charge is 0.477 e. The number of aromatic carboxylic acids is 1. The Morgan fingerprint density at radius 1 is 1.28 bits per heavy atom. The van der Waals surface area contributed by atoms with Gasteiger partial charge in [-0.15, -0.1) is 0 Å². The average Bonchev–Trinajstić information content (AvgIpc) is 2.66. The van der Waals surface area contributed by atoms with Crippen LogP contribution < -0.4 is 5.32 Å². The van der Waals surface area contributed by atoms with Gasteiger partial charge in [0.1, 0.15) is 0 Å². The summed E-state index contributed by atoms with van der Waals surface area (Å²) in [5, 5.41) is 13.2. The predicted octanol–water partition coefficient (Wildman–Crippen LogP) is 4.26. The molecule has 2 N–H and O–H groups in total. The Labute approximate surface area is 176 Å². The second-order valence-electron chi connectivity index (χ2n) is 9.53. The van der Waals surface area contributed by atoms with E-state index in [0.717, 1.165) is 18.6 Å². The van der Waals surface area contributed by atoms with Gasteiger partial charge in [-0.25, -0.2) is 9.78 Å². The van der Waals surface area contributed by atoms with Gasteiger partial charge in [-0.1, -0.05) is 33.3 Å². The summed E-state index contributed by atoms with van der Waals surface area (Å²) < 4.78 is 12.2. The van der Waals surface area contributed by atoms with Crippen molar-refractivity contribution in [3.8, 4) is 0 Å². The lowest BCUT2D eigenvalue weighted by Gasteiger charge is -2.39. The topological polar surface area (TPSA) is 80.7 Å². The first-order valence-electron chi connectivity index (χ1n) is 10.7. The minimum atomic E-state index is -1.70. The molecule has 1 saturated heterocycles. The van der Waals surface area contributed by atoms with E-state index in [1.54, 1.807) is 12.1 Å². The van der Waals surface area contributed by atoms with Gasteiger partial charge in [0.15, 0.2) is 14.0 Å². The lowest BCUT2D eigenvalue weighted by atomic mass is 9.97. The Bertz CT molecular complexity index is 660. The van der Waals surface area contributed by atoms with Crippen molar-refractivity contribution in [2.45, 2.75) is 83.1 Å². The molecule has 164 valence electrons. The van der Waals surface area contributed by atoms with Crippen LogP contribution in [0, 0.1) is 0 Å². The SMILES string of the molecule is CC(C)(C)[Si](C)(C)OC[C@@H]1CCCC(CCOCCc2cccnc2C(=O)O)N1. The molecule has 2 rings (SSSR count). The van der Waals surface area contributed by atoms with Crippen molar-refractivity contribution in [3.63, 3.8) is 0 Å². The molecule has 2 heterocycles. The fourth-order valence-electron chi connectivity index (χ4n) is 3.34. The van der Waals surface area contributed by atoms with E-state index < -0.39 is 14.3 Å². The zero-order valence-corrected chi connectivity index (χ0v) is 19.7. The summed E-state index contributed by atoms with van der Waals surface area (Å²) in [6, 6.07) is 4.45. The number of nitrogens with one attached hydrogen (secondary N) is 1. The van der Waals surface area contributed by atoms with E-state index in [0.29, 0.717) is 31.7 Å². The second-order valence-corrected chi connectivity index (χ2v) is 14.3. The van der Waals surface area contributed by atoms with Crippen molar-refractivity contribution >= 4 is 14.3 Å². The maximum Gasteiger partial charge on any atom is 0.354 e. The first-order valence-corrected chi connectivity index (χ1v) is 13.7. The molecule has 1 aliphatic rings. The van der Waals surface area contributed by atoms with E-state index >= 15 is 0 Å². The van der Waals surface area contributed by atoms with Gasteiger partial charge in [0.25, 0.3) is 0 Å². The number of hydrogen-bond acceptors (Lipinski definition) is 5. The third kappa shape index (κ3) is 7.48. The van der Waals surface area contributed by atoms with Crippen molar-refractivity contribution in [2.75, 3.05) is 19.8 Å². The van der Waals surface area contributed by atoms with Crippen LogP contribution in [0.5, 0.6) is 0 Å². The Morgan fingerprint density at radius 2 is 2.00 bits per heavy atom. The molecule has 0 aromatic carbocycles. The summed E-state index contributed by atoms with van der Waals surface area (Å²) in [7, 11) is -1.70. The van der Waals surface area contributed by atoms with Gasteiger partial charge in [-0.2, -0.15) is 0 Å². The van der Waals surface area contributed by atoms with E-state index in [1.165, 1.54) is 25.5 Å². The number of piperidine rings is 1. The molecule has 1 unspecified atom stereocenters. The van der Waals surface area contributed by atoms with Crippen LogP contribution in [-0.2, 0) is 15.6 Å². The van der Waals surface area contributed by atoms with Crippen LogP contribution in [0.25, 0.3) is 0 Å². The number of pyridine rings is 1. The molecule has 6 nitrogen and oxygen atoms in total. The molecule has 0 saturated carbocycles. The molecule has 2 atom stereocenters. The van der Waals surface area contributed by atoms with Gasteiger partial charge in [0.05, 0.1) is 6.61 Å². The summed E-state index contributed by atoms with van der Waals surface area (Å²) in [5.74, 6) is -0.988. The standard InChI is InChI=1S/C22H38N2O4Si/c1-22(2,3)29(4,5)28-16-19-10-6-9-18(24-19)12-15-27-14-11-17-8-7-13-23-20(17)21(25)26/h7-8,13,18-19,24H,6,9-12,14-16H2,1-5H3,(H,25,26)/t18?,19-/m0/s1. The third-order valence-electron chi connectivity index (χ3n) is 6.25. The molecule has 1 aliphatic heterocycles. The van der Waals surface area contributed by atoms with E-state index in [4.69, 9.17) is 9.16 Å². The molecule has 0 radical (unpaired) electrons. The molecular weight excluding hydrogens is 384 g/mol. The lowest BCUT2D eigenvalue weighted by molar-refractivity contribution is 0.0688. The number of aromatic nitrogens is 1. The van der Waals surface area contributed by atoms with E-state index in [9.17, 15) is 9.90 Å². The summed E-state index contributed by atoms with van der Waals surface area (Å²) >= 11 is 0. The summed E-state index contributed by atoms with van der Waals surface area (Å²) in [6.45, 7) is 13.4. The van der Waals surface area contributed by atoms with Gasteiger partial charge in [0.2, 0.25) is 0 Å². The number of carboxylic acids is 1. The Morgan fingerprint density at radius 3 is 2.69 bits per heavy atom. The minimum absolute atomic E-state index is 0.120. The number of hydrogen-bond donors (Lipinski definition) is 2. The normalized spacial score (nSPS) is 20.6. The van der Waals surface area contributed by atoms with Crippen LogP contribution >= 0.6 is 0 Å². The fourth-order valence-corrected chi connectivity index (χ4v) is 4.39. The highest BCUT2D eigenvalue weighted by atomic mass is 28.4. The maximum atomic E-state index is 11.2. The summed E-state index contributed by atoms with van der Waals surface area (Å²) in [4.78, 5) is 15.1. The number of ether oxygens (including phenoxy) is 1. The van der Waals surface area contributed by atoms with E-state index in [2.05, 4.69) is 44.2 Å². The first-order chi connectivity index (χ1) is 13.6. The average molecular weight is 423 g/mol. The van der Waals surface area contributed by atoms with Crippen LogP contribution in [0.15, 0.2) is 18.3 Å². The summed E-state index contributed by atoms with van der Waals surface area (Å²) in [6.07, 6.45) is 6.61. The van der Waals surface area contributed by atoms with Gasteiger partial charge in [-0.3, -0.25) is 0 Å². The quantitative estimate of drug-likeness (QED) is 0.433. The lowest BCUT2D eigenvalue weighted by Crippen LogP contribution is -2.49. The zero-order chi connectivity index (χ0) is 21.5. The molecule has 1 aromatic heterocycles. The van der Waals surface area contributed by atoms with E-state index in [-0.39, 0.29) is 10.7 Å². The molecule has 29 heavy (non-hydrogen) atoms. The highest BCUT2D eigenvalue weighted by Crippen LogP contribution is 2.36. The van der Waals surface area contributed by atoms with Gasteiger partial charge < -0.3 is 19.6 Å². The number of carbonyl (C=O) groups is 1. The van der Waals surface area contributed by atoms with Crippen LogP contribution in [0.4, 0.5) is 0 Å². The van der Waals surface area contributed by atoms with Crippen molar-refractivity contribution in [3.05, 3.63) is 29.6 Å². The molecule has 0 spiro atoms. The second kappa shape index (κ2) is 10.7. The predicted molar refractivity (Wildman–Crippen MR) is 118 cm³/mol. The van der Waals surface area contributed by atoms with Crippen LogP contribution in [-0.4, -0.2) is 56.3 Å². The minimum Gasteiger partial charge on any atom is -0.477 e. The van der Waals surface area contributed by atoms with Crippen molar-refractivity contribution in [2.24, 2.45) is 0 Å². The zero-order valence-electron chi connectivity index (χ0n) is 18.7. The highest BCUT2D eigenvalue weighted by Gasteiger charge is 2.37. The Kier molecular flexibility index (Phi) is 8.82. The molecule has 7 heteroatoms. The van der Waals surface area contributed by atoms with Gasteiger partial charge in [-0.05, 0) is 55.4 Å².